The zero-order chi connectivity index (χ0) is 9.35. The van der Waals surface area contributed by atoms with Crippen LogP contribution in [0.4, 0.5) is 0 Å². The second-order valence-corrected chi connectivity index (χ2v) is 3.23. The van der Waals surface area contributed by atoms with E-state index in [9.17, 15) is 10.1 Å². The highest BCUT2D eigenvalue weighted by atomic mass is 35.5. The fourth-order valence-corrected chi connectivity index (χ4v) is 1.40. The average Bonchev–Trinajstić information content (AvgIpc) is 1.82. The fraction of sp³-hybridized carbons (Fsp3) is 0.250. The van der Waals surface area contributed by atoms with E-state index in [1.807, 2.05) is 0 Å². The Morgan fingerprint density at radius 3 is 2.67 bits per heavy atom. The molecule has 12 heavy (non-hydrogen) atoms. The third-order valence-electron chi connectivity index (χ3n) is 1.04. The van der Waals surface area contributed by atoms with Gasteiger partial charge in [0.15, 0.2) is 0 Å². The zero-order valence-electron chi connectivity index (χ0n) is 5.42. The lowest BCUT2D eigenvalue weighted by molar-refractivity contribution is -0.526. The molecule has 5 nitrogen and oxygen atoms in total. The quantitative estimate of drug-likeness (QED) is 0.321. The van der Waals surface area contributed by atoms with E-state index in [0.717, 1.165) is 6.08 Å². The monoisotopic (exact) mass is 229 g/mol. The third kappa shape index (κ3) is 1.80. The van der Waals surface area contributed by atoms with Crippen LogP contribution in [0.15, 0.2) is 16.2 Å². The van der Waals surface area contributed by atoms with Crippen LogP contribution in [-0.2, 0) is 0 Å². The fourth-order valence-electron chi connectivity index (χ4n) is 0.587. The van der Waals surface area contributed by atoms with Gasteiger partial charge in [-0.05, 0) is 23.2 Å². The van der Waals surface area contributed by atoms with Crippen LogP contribution in [0.3, 0.4) is 0 Å². The maximum atomic E-state index is 10.3. The van der Waals surface area contributed by atoms with Crippen LogP contribution < -0.4 is 5.32 Å². The van der Waals surface area contributed by atoms with Gasteiger partial charge in [-0.25, -0.2) is 0 Å². The molecule has 0 spiro atoms. The van der Waals surface area contributed by atoms with Crippen LogP contribution in [0.1, 0.15) is 0 Å². The molecule has 0 amide bonds. The summed E-state index contributed by atoms with van der Waals surface area (Å²) in [6.07, 6.45) is 0.946. The summed E-state index contributed by atoms with van der Waals surface area (Å²) in [7, 11) is 0. The third-order valence-corrected chi connectivity index (χ3v) is 1.76. The van der Waals surface area contributed by atoms with Crippen molar-refractivity contribution in [2.75, 3.05) is 0 Å². The molecule has 0 aromatic heterocycles. The molecule has 1 N–H and O–H groups in total. The standard InChI is InChI=1S/C4H2Cl3N3O2/c5-2-1-4(7,10(11)12)9-3(6)8-2/h1H,(H,8,9). The van der Waals surface area contributed by atoms with Gasteiger partial charge < -0.3 is 5.32 Å². The van der Waals surface area contributed by atoms with Crippen molar-refractivity contribution in [3.63, 3.8) is 0 Å². The molecule has 1 aliphatic heterocycles. The van der Waals surface area contributed by atoms with Crippen LogP contribution in [0.25, 0.3) is 0 Å². The van der Waals surface area contributed by atoms with Crippen molar-refractivity contribution in [1.82, 2.24) is 5.32 Å². The van der Waals surface area contributed by atoms with Gasteiger partial charge in [0.25, 0.3) is 0 Å². The van der Waals surface area contributed by atoms with E-state index >= 15 is 0 Å². The number of alkyl halides is 1. The lowest BCUT2D eigenvalue weighted by Gasteiger charge is -2.15. The Labute approximate surface area is 82.1 Å². The van der Waals surface area contributed by atoms with Gasteiger partial charge in [-0.2, -0.15) is 4.99 Å². The molecule has 0 radical (unpaired) electrons. The minimum atomic E-state index is -2.08. The summed E-state index contributed by atoms with van der Waals surface area (Å²) >= 11 is 16.2. The first kappa shape index (κ1) is 9.57. The Morgan fingerprint density at radius 1 is 1.67 bits per heavy atom. The second kappa shape index (κ2) is 3.08. The predicted octanol–water partition coefficient (Wildman–Crippen LogP) is 1.43. The first-order chi connectivity index (χ1) is 5.44. The summed E-state index contributed by atoms with van der Waals surface area (Å²) in [6, 6.07) is 0. The van der Waals surface area contributed by atoms with Gasteiger partial charge in [-0.1, -0.05) is 11.6 Å². The molecule has 8 heteroatoms. The molecule has 0 saturated carbocycles. The Hall–Kier alpha value is -0.520. The molecular weight excluding hydrogens is 228 g/mol. The Morgan fingerprint density at radius 2 is 2.25 bits per heavy atom. The van der Waals surface area contributed by atoms with E-state index in [2.05, 4.69) is 10.3 Å². The number of hydrogen-bond donors (Lipinski definition) is 1. The number of rotatable bonds is 1. The maximum absolute atomic E-state index is 10.3. The van der Waals surface area contributed by atoms with E-state index < -0.39 is 10.0 Å². The van der Waals surface area contributed by atoms with Crippen LogP contribution >= 0.6 is 34.8 Å². The summed E-state index contributed by atoms with van der Waals surface area (Å²) in [5.74, 6) is 0. The smallest absolute Gasteiger partial charge is 0.321 e. The summed E-state index contributed by atoms with van der Waals surface area (Å²) < 4.78 is 0. The number of nitrogens with zero attached hydrogens (tertiary/aromatic N) is 2. The van der Waals surface area contributed by atoms with Crippen molar-refractivity contribution < 1.29 is 4.92 Å². The first-order valence-corrected chi connectivity index (χ1v) is 3.81. The average molecular weight is 230 g/mol. The zero-order valence-corrected chi connectivity index (χ0v) is 7.69. The maximum Gasteiger partial charge on any atom is 0.416 e. The Bertz CT molecular complexity index is 269. The van der Waals surface area contributed by atoms with Crippen LogP contribution in [0, 0.1) is 10.1 Å². The summed E-state index contributed by atoms with van der Waals surface area (Å²) in [4.78, 5) is 12.9. The molecule has 1 atom stereocenters. The minimum absolute atomic E-state index is 0.0262. The molecule has 1 aliphatic rings. The topological polar surface area (TPSA) is 67.5 Å². The van der Waals surface area contributed by atoms with Gasteiger partial charge in [-0.15, -0.1) is 0 Å². The molecule has 1 rings (SSSR count). The molecule has 66 valence electrons. The highest BCUT2D eigenvalue weighted by molar-refractivity contribution is 6.65. The molecule has 1 unspecified atom stereocenters. The van der Waals surface area contributed by atoms with Gasteiger partial charge in [0.1, 0.15) is 5.16 Å². The number of nitrogens with one attached hydrogen (secondary N) is 1. The van der Waals surface area contributed by atoms with Crippen LogP contribution in [0.5, 0.6) is 0 Å². The number of halogens is 3. The van der Waals surface area contributed by atoms with E-state index in [4.69, 9.17) is 34.8 Å². The molecule has 0 bridgehead atoms. The van der Waals surface area contributed by atoms with Crippen molar-refractivity contribution in [3.8, 4) is 0 Å². The molecule has 1 heterocycles. The van der Waals surface area contributed by atoms with Gasteiger partial charge in [0.05, 0.1) is 11.0 Å². The van der Waals surface area contributed by atoms with E-state index in [1.54, 1.807) is 0 Å². The summed E-state index contributed by atoms with van der Waals surface area (Å²) in [6.45, 7) is 0. The van der Waals surface area contributed by atoms with E-state index in [1.165, 1.54) is 0 Å². The molecule has 0 aromatic carbocycles. The highest BCUT2D eigenvalue weighted by Crippen LogP contribution is 2.25. The highest BCUT2D eigenvalue weighted by Gasteiger charge is 2.41. The van der Waals surface area contributed by atoms with Crippen molar-refractivity contribution >= 4 is 40.1 Å². The van der Waals surface area contributed by atoms with Gasteiger partial charge >= 0.3 is 5.12 Å². The molecule has 0 fully saturated rings. The summed E-state index contributed by atoms with van der Waals surface area (Å²) in [5.41, 5.74) is 0. The lowest BCUT2D eigenvalue weighted by atomic mass is 10.4. The Balaban J connectivity index is 3.05. The predicted molar refractivity (Wildman–Crippen MR) is 45.9 cm³/mol. The van der Waals surface area contributed by atoms with Crippen LogP contribution in [-0.4, -0.2) is 15.3 Å². The number of amidine groups is 1. The molecule has 0 saturated heterocycles. The number of hydrogen-bond acceptors (Lipinski definition) is 4. The lowest BCUT2D eigenvalue weighted by Crippen LogP contribution is -2.35. The normalized spacial score (nSPS) is 28.6. The van der Waals surface area contributed by atoms with Crippen molar-refractivity contribution in [1.29, 1.82) is 0 Å². The molecule has 0 aromatic rings. The molecular formula is C4H2Cl3N3O2. The summed E-state index contributed by atoms with van der Waals surface area (Å²) in [5, 5.41) is 10.4. The number of aliphatic imine (C=N–C) groups is 1. The van der Waals surface area contributed by atoms with Crippen molar-refractivity contribution in [3.05, 3.63) is 21.3 Å². The van der Waals surface area contributed by atoms with Gasteiger partial charge in [0.2, 0.25) is 5.29 Å². The van der Waals surface area contributed by atoms with E-state index in [0.29, 0.717) is 0 Å². The Kier molecular flexibility index (Phi) is 2.46. The van der Waals surface area contributed by atoms with Crippen LogP contribution in [0.2, 0.25) is 0 Å². The van der Waals surface area contributed by atoms with Gasteiger partial charge in [0, 0.05) is 0 Å². The van der Waals surface area contributed by atoms with Gasteiger partial charge in [-0.3, -0.25) is 10.1 Å². The minimum Gasteiger partial charge on any atom is -0.321 e. The SMILES string of the molecule is O=[N+]([O-])C1(Cl)C=C(Cl)NC(Cl)=N1. The van der Waals surface area contributed by atoms with Crippen molar-refractivity contribution in [2.45, 2.75) is 5.12 Å². The van der Waals surface area contributed by atoms with E-state index in [-0.39, 0.29) is 10.5 Å². The first-order valence-electron chi connectivity index (χ1n) is 2.68. The molecule has 0 aliphatic carbocycles. The number of nitro groups is 1. The van der Waals surface area contributed by atoms with Crippen molar-refractivity contribution in [2.24, 2.45) is 4.99 Å². The largest absolute Gasteiger partial charge is 0.416 e. The second-order valence-electron chi connectivity index (χ2n) is 1.91.